The zero-order valence-electron chi connectivity index (χ0n) is 7.35. The summed E-state index contributed by atoms with van der Waals surface area (Å²) in [6.45, 7) is 10.3. The zero-order chi connectivity index (χ0) is 8.20. The Bertz CT molecular complexity index is 99.8. The van der Waals surface area contributed by atoms with Crippen LogP contribution in [0, 0.1) is 5.41 Å². The van der Waals surface area contributed by atoms with Crippen molar-refractivity contribution >= 4 is 0 Å². The lowest BCUT2D eigenvalue weighted by Crippen LogP contribution is -2.19. The van der Waals surface area contributed by atoms with Gasteiger partial charge in [-0.2, -0.15) is 0 Å². The second kappa shape index (κ2) is 3.77. The first-order chi connectivity index (χ1) is 4.45. The fraction of sp³-hybridized carbons (Fsp3) is 0.778. The third kappa shape index (κ3) is 5.83. The van der Waals surface area contributed by atoms with Gasteiger partial charge in [0.1, 0.15) is 0 Å². The molecular weight excluding hydrogens is 122 g/mol. The summed E-state index contributed by atoms with van der Waals surface area (Å²) in [5.74, 6) is 0. The number of hydrogen-bond acceptors (Lipinski definition) is 1. The van der Waals surface area contributed by atoms with Crippen molar-refractivity contribution in [3.05, 3.63) is 12.7 Å². The lowest BCUT2D eigenvalue weighted by Gasteiger charge is -2.19. The molecule has 1 heteroatoms. The SMILES string of the molecule is C=CC(N)CCC(C)(C)C. The van der Waals surface area contributed by atoms with E-state index < -0.39 is 0 Å². The molecule has 1 unspecified atom stereocenters. The van der Waals surface area contributed by atoms with Gasteiger partial charge >= 0.3 is 0 Å². The van der Waals surface area contributed by atoms with Gasteiger partial charge in [-0.3, -0.25) is 0 Å². The molecule has 0 saturated heterocycles. The highest BCUT2D eigenvalue weighted by Gasteiger charge is 2.10. The van der Waals surface area contributed by atoms with Crippen molar-refractivity contribution in [3.63, 3.8) is 0 Å². The van der Waals surface area contributed by atoms with E-state index in [2.05, 4.69) is 27.4 Å². The van der Waals surface area contributed by atoms with Crippen molar-refractivity contribution in [2.24, 2.45) is 11.1 Å². The fourth-order valence-corrected chi connectivity index (χ4v) is 0.718. The Morgan fingerprint density at radius 1 is 1.50 bits per heavy atom. The maximum atomic E-state index is 5.66. The molecule has 0 aromatic carbocycles. The summed E-state index contributed by atoms with van der Waals surface area (Å²) in [4.78, 5) is 0. The highest BCUT2D eigenvalue weighted by atomic mass is 14.6. The summed E-state index contributed by atoms with van der Waals surface area (Å²) in [7, 11) is 0. The lowest BCUT2D eigenvalue weighted by atomic mass is 9.89. The topological polar surface area (TPSA) is 26.0 Å². The van der Waals surface area contributed by atoms with E-state index in [1.54, 1.807) is 0 Å². The standard InChI is InChI=1S/C9H19N/c1-5-8(10)6-7-9(2,3)4/h5,8H,1,6-7,10H2,2-4H3. The van der Waals surface area contributed by atoms with Crippen LogP contribution < -0.4 is 5.73 Å². The van der Waals surface area contributed by atoms with E-state index >= 15 is 0 Å². The van der Waals surface area contributed by atoms with Gasteiger partial charge in [-0.15, -0.1) is 6.58 Å². The van der Waals surface area contributed by atoms with Crippen LogP contribution in [0.1, 0.15) is 33.6 Å². The molecule has 10 heavy (non-hydrogen) atoms. The van der Waals surface area contributed by atoms with Crippen molar-refractivity contribution in [1.29, 1.82) is 0 Å². The second-order valence-corrected chi connectivity index (χ2v) is 4.00. The molecule has 0 rings (SSSR count). The van der Waals surface area contributed by atoms with Gasteiger partial charge in [0.15, 0.2) is 0 Å². The van der Waals surface area contributed by atoms with E-state index in [9.17, 15) is 0 Å². The quantitative estimate of drug-likeness (QED) is 0.600. The Kier molecular flexibility index (Phi) is 3.66. The van der Waals surface area contributed by atoms with E-state index in [1.165, 1.54) is 6.42 Å². The summed E-state index contributed by atoms with van der Waals surface area (Å²) >= 11 is 0. The van der Waals surface area contributed by atoms with Crippen LogP contribution in [0.15, 0.2) is 12.7 Å². The van der Waals surface area contributed by atoms with Crippen LogP contribution in [0.3, 0.4) is 0 Å². The molecule has 0 saturated carbocycles. The van der Waals surface area contributed by atoms with Crippen LogP contribution >= 0.6 is 0 Å². The molecule has 0 aliphatic carbocycles. The van der Waals surface area contributed by atoms with E-state index in [4.69, 9.17) is 5.73 Å². The van der Waals surface area contributed by atoms with Crippen LogP contribution in [-0.2, 0) is 0 Å². The summed E-state index contributed by atoms with van der Waals surface area (Å²) in [6, 6.07) is 0.180. The fourth-order valence-electron chi connectivity index (χ4n) is 0.718. The monoisotopic (exact) mass is 141 g/mol. The van der Waals surface area contributed by atoms with Crippen molar-refractivity contribution in [2.75, 3.05) is 0 Å². The van der Waals surface area contributed by atoms with Gasteiger partial charge in [0.25, 0.3) is 0 Å². The van der Waals surface area contributed by atoms with E-state index in [0.29, 0.717) is 5.41 Å². The first-order valence-electron chi connectivity index (χ1n) is 3.84. The molecule has 0 aromatic rings. The second-order valence-electron chi connectivity index (χ2n) is 4.00. The van der Waals surface area contributed by atoms with Gasteiger partial charge < -0.3 is 5.73 Å². The molecule has 0 fully saturated rings. The molecule has 0 bridgehead atoms. The van der Waals surface area contributed by atoms with Crippen molar-refractivity contribution in [3.8, 4) is 0 Å². The first-order valence-corrected chi connectivity index (χ1v) is 3.84. The molecule has 0 radical (unpaired) electrons. The lowest BCUT2D eigenvalue weighted by molar-refractivity contribution is 0.358. The van der Waals surface area contributed by atoms with E-state index in [0.717, 1.165) is 6.42 Å². The van der Waals surface area contributed by atoms with Crippen LogP contribution in [0.5, 0.6) is 0 Å². The number of rotatable bonds is 3. The predicted molar refractivity (Wildman–Crippen MR) is 46.9 cm³/mol. The maximum Gasteiger partial charge on any atom is 0.0221 e. The highest BCUT2D eigenvalue weighted by Crippen LogP contribution is 2.21. The van der Waals surface area contributed by atoms with E-state index in [-0.39, 0.29) is 6.04 Å². The largest absolute Gasteiger partial charge is 0.324 e. The molecule has 0 aliphatic rings. The number of hydrogen-bond donors (Lipinski definition) is 1. The van der Waals surface area contributed by atoms with Crippen LogP contribution in [0.25, 0.3) is 0 Å². The van der Waals surface area contributed by atoms with Crippen molar-refractivity contribution in [1.82, 2.24) is 0 Å². The first kappa shape index (κ1) is 9.70. The molecule has 0 spiro atoms. The van der Waals surface area contributed by atoms with E-state index in [1.807, 2.05) is 6.08 Å². The van der Waals surface area contributed by atoms with Crippen LogP contribution in [0.4, 0.5) is 0 Å². The molecule has 0 aromatic heterocycles. The minimum atomic E-state index is 0.180. The molecule has 1 atom stereocenters. The molecular formula is C9H19N. The van der Waals surface area contributed by atoms with Crippen molar-refractivity contribution in [2.45, 2.75) is 39.7 Å². The summed E-state index contributed by atoms with van der Waals surface area (Å²) < 4.78 is 0. The Labute approximate surface area is 64.3 Å². The summed E-state index contributed by atoms with van der Waals surface area (Å²) in [6.07, 6.45) is 4.03. The average molecular weight is 141 g/mol. The highest BCUT2D eigenvalue weighted by molar-refractivity contribution is 4.83. The summed E-state index contributed by atoms with van der Waals surface area (Å²) in [5.41, 5.74) is 6.07. The third-order valence-electron chi connectivity index (χ3n) is 1.53. The minimum absolute atomic E-state index is 0.180. The van der Waals surface area contributed by atoms with Gasteiger partial charge in [0.05, 0.1) is 0 Å². The summed E-state index contributed by atoms with van der Waals surface area (Å²) in [5, 5.41) is 0. The van der Waals surface area contributed by atoms with Crippen LogP contribution in [0.2, 0.25) is 0 Å². The number of nitrogens with two attached hydrogens (primary N) is 1. The molecule has 0 heterocycles. The zero-order valence-corrected chi connectivity index (χ0v) is 7.35. The Morgan fingerprint density at radius 3 is 2.30 bits per heavy atom. The van der Waals surface area contributed by atoms with Crippen molar-refractivity contribution < 1.29 is 0 Å². The Hall–Kier alpha value is -0.300. The van der Waals surface area contributed by atoms with Gasteiger partial charge in [-0.05, 0) is 18.3 Å². The van der Waals surface area contributed by atoms with Gasteiger partial charge in [-0.25, -0.2) is 0 Å². The van der Waals surface area contributed by atoms with Gasteiger partial charge in [0.2, 0.25) is 0 Å². The smallest absolute Gasteiger partial charge is 0.0221 e. The van der Waals surface area contributed by atoms with Gasteiger partial charge in [-0.1, -0.05) is 26.8 Å². The molecule has 0 aliphatic heterocycles. The minimum Gasteiger partial charge on any atom is -0.324 e. The Morgan fingerprint density at radius 2 is 2.00 bits per heavy atom. The molecule has 60 valence electrons. The predicted octanol–water partition coefficient (Wildman–Crippen LogP) is 2.33. The third-order valence-corrected chi connectivity index (χ3v) is 1.53. The van der Waals surface area contributed by atoms with Gasteiger partial charge in [0, 0.05) is 6.04 Å². The maximum absolute atomic E-state index is 5.66. The molecule has 1 nitrogen and oxygen atoms in total. The Balaban J connectivity index is 3.45. The molecule has 2 N–H and O–H groups in total. The average Bonchev–Trinajstić information content (AvgIpc) is 1.81. The molecule has 0 amide bonds. The normalized spacial score (nSPS) is 14.8. The van der Waals surface area contributed by atoms with Crippen LogP contribution in [-0.4, -0.2) is 6.04 Å².